The van der Waals surface area contributed by atoms with E-state index in [9.17, 15) is 13.7 Å². The third kappa shape index (κ3) is 4.50. The van der Waals surface area contributed by atoms with Gasteiger partial charge in [-0.15, -0.1) is 0 Å². The first-order chi connectivity index (χ1) is 13.8. The molecule has 9 heteroatoms. The van der Waals surface area contributed by atoms with E-state index >= 15 is 0 Å². The average molecular weight is 411 g/mol. The number of aromatic nitrogens is 2. The molecule has 0 saturated heterocycles. The molecule has 0 radical (unpaired) electrons. The van der Waals surface area contributed by atoms with E-state index in [2.05, 4.69) is 20.2 Å². The molecule has 2 aromatic carbocycles. The van der Waals surface area contributed by atoms with Gasteiger partial charge < -0.3 is 10.1 Å². The Bertz CT molecular complexity index is 1130. The largest absolute Gasteiger partial charge is 0.497 e. The molecule has 0 aliphatic heterocycles. The lowest BCUT2D eigenvalue weighted by Gasteiger charge is -2.09. The van der Waals surface area contributed by atoms with E-state index in [4.69, 9.17) is 4.74 Å². The Labute approximate surface area is 169 Å². The van der Waals surface area contributed by atoms with Gasteiger partial charge in [-0.1, -0.05) is 26.0 Å². The first-order valence-corrected chi connectivity index (χ1v) is 10.3. The molecule has 3 rings (SSSR count). The molecule has 8 nitrogen and oxygen atoms in total. The molecular formula is C20H21N5O3S. The predicted molar refractivity (Wildman–Crippen MR) is 111 cm³/mol. The second-order valence-electron chi connectivity index (χ2n) is 6.62. The minimum Gasteiger partial charge on any atom is -0.497 e. The quantitative estimate of drug-likeness (QED) is 0.541. The predicted octanol–water partition coefficient (Wildman–Crippen LogP) is 3.96. The SMILES string of the molecule is COc1ccc(Nc2[nH]nc(NS(=O)(=O)c3ccc(C(C)C)cc3)c2C#N)cc1. The van der Waals surface area contributed by atoms with Crippen molar-refractivity contribution < 1.29 is 13.2 Å². The topological polar surface area (TPSA) is 120 Å². The van der Waals surface area contributed by atoms with Gasteiger partial charge in [0.2, 0.25) is 0 Å². The Morgan fingerprint density at radius 1 is 1.10 bits per heavy atom. The van der Waals surface area contributed by atoms with Crippen LogP contribution in [0, 0.1) is 11.3 Å². The zero-order valence-electron chi connectivity index (χ0n) is 16.2. The second kappa shape index (κ2) is 8.24. The van der Waals surface area contributed by atoms with Crippen LogP contribution in [0.2, 0.25) is 0 Å². The maximum absolute atomic E-state index is 12.7. The second-order valence-corrected chi connectivity index (χ2v) is 8.30. The number of ether oxygens (including phenoxy) is 1. The molecular weight excluding hydrogens is 390 g/mol. The molecule has 0 unspecified atom stereocenters. The third-order valence-corrected chi connectivity index (χ3v) is 5.68. The van der Waals surface area contributed by atoms with E-state index in [1.807, 2.05) is 19.9 Å². The van der Waals surface area contributed by atoms with E-state index < -0.39 is 10.0 Å². The molecule has 0 amide bonds. The fourth-order valence-electron chi connectivity index (χ4n) is 2.65. The van der Waals surface area contributed by atoms with E-state index in [1.165, 1.54) is 12.1 Å². The van der Waals surface area contributed by atoms with Crippen LogP contribution < -0.4 is 14.8 Å². The summed E-state index contributed by atoms with van der Waals surface area (Å²) in [5.74, 6) is 1.20. The van der Waals surface area contributed by atoms with E-state index in [1.54, 1.807) is 43.5 Å². The summed E-state index contributed by atoms with van der Waals surface area (Å²) in [5, 5.41) is 19.1. The Morgan fingerprint density at radius 3 is 2.31 bits per heavy atom. The van der Waals surface area contributed by atoms with Gasteiger partial charge in [-0.2, -0.15) is 10.4 Å². The highest BCUT2D eigenvalue weighted by Crippen LogP contribution is 2.27. The molecule has 0 bridgehead atoms. The Kier molecular flexibility index (Phi) is 5.75. The van der Waals surface area contributed by atoms with Gasteiger partial charge in [0.25, 0.3) is 10.0 Å². The van der Waals surface area contributed by atoms with Crippen LogP contribution in [0.5, 0.6) is 5.75 Å². The molecule has 1 aromatic heterocycles. The van der Waals surface area contributed by atoms with Crippen LogP contribution >= 0.6 is 0 Å². The number of sulfonamides is 1. The van der Waals surface area contributed by atoms with Crippen molar-refractivity contribution in [3.63, 3.8) is 0 Å². The maximum Gasteiger partial charge on any atom is 0.263 e. The molecule has 1 heterocycles. The Morgan fingerprint density at radius 2 is 1.76 bits per heavy atom. The summed E-state index contributed by atoms with van der Waals surface area (Å²) in [6.07, 6.45) is 0. The molecule has 0 spiro atoms. The van der Waals surface area contributed by atoms with Gasteiger partial charge >= 0.3 is 0 Å². The highest BCUT2D eigenvalue weighted by molar-refractivity contribution is 7.92. The summed E-state index contributed by atoms with van der Waals surface area (Å²) >= 11 is 0. The number of nitrogens with one attached hydrogen (secondary N) is 3. The number of aromatic amines is 1. The van der Waals surface area contributed by atoms with Crippen LogP contribution in [0.25, 0.3) is 0 Å². The standard InChI is InChI=1S/C20H21N5O3S/c1-13(2)14-4-10-17(11-5-14)29(26,27)25-20-18(12-21)19(23-24-20)22-15-6-8-16(28-3)9-7-15/h4-11,13H,1-3H3,(H3,22,23,24,25). The zero-order valence-corrected chi connectivity index (χ0v) is 17.0. The van der Waals surface area contributed by atoms with Gasteiger partial charge in [0.1, 0.15) is 23.2 Å². The van der Waals surface area contributed by atoms with Gasteiger partial charge in [-0.25, -0.2) is 8.42 Å². The lowest BCUT2D eigenvalue weighted by atomic mass is 10.0. The maximum atomic E-state index is 12.7. The number of rotatable bonds is 7. The smallest absolute Gasteiger partial charge is 0.263 e. The van der Waals surface area contributed by atoms with Crippen molar-refractivity contribution in [1.29, 1.82) is 5.26 Å². The van der Waals surface area contributed by atoms with Gasteiger partial charge in [0, 0.05) is 5.69 Å². The lowest BCUT2D eigenvalue weighted by molar-refractivity contribution is 0.415. The number of nitriles is 1. The molecule has 150 valence electrons. The number of methoxy groups -OCH3 is 1. The van der Waals surface area contributed by atoms with Gasteiger partial charge in [-0.05, 0) is 47.9 Å². The van der Waals surface area contributed by atoms with Crippen molar-refractivity contribution in [3.05, 3.63) is 59.7 Å². The van der Waals surface area contributed by atoms with Crippen LogP contribution in [-0.4, -0.2) is 25.7 Å². The van der Waals surface area contributed by atoms with E-state index in [-0.39, 0.29) is 22.1 Å². The highest BCUT2D eigenvalue weighted by atomic mass is 32.2. The van der Waals surface area contributed by atoms with Crippen LogP contribution in [-0.2, 0) is 10.0 Å². The summed E-state index contributed by atoms with van der Waals surface area (Å²) in [6.45, 7) is 4.06. The number of hydrogen-bond acceptors (Lipinski definition) is 6. The van der Waals surface area contributed by atoms with Crippen LogP contribution in [0.3, 0.4) is 0 Å². The minimum absolute atomic E-state index is 0.0585. The number of hydrogen-bond donors (Lipinski definition) is 3. The number of benzene rings is 2. The van der Waals surface area contributed by atoms with Crippen LogP contribution in [0.15, 0.2) is 53.4 Å². The van der Waals surface area contributed by atoms with Crippen molar-refractivity contribution in [1.82, 2.24) is 10.2 Å². The Balaban J connectivity index is 1.83. The fraction of sp³-hybridized carbons (Fsp3) is 0.200. The lowest BCUT2D eigenvalue weighted by Crippen LogP contribution is -2.14. The molecule has 0 fully saturated rings. The molecule has 29 heavy (non-hydrogen) atoms. The molecule has 0 aliphatic rings. The van der Waals surface area contributed by atoms with E-state index in [0.717, 1.165) is 5.56 Å². The highest BCUT2D eigenvalue weighted by Gasteiger charge is 2.21. The number of nitrogens with zero attached hydrogens (tertiary/aromatic N) is 2. The summed E-state index contributed by atoms with van der Waals surface area (Å²) < 4.78 is 32.8. The van der Waals surface area contributed by atoms with Crippen molar-refractivity contribution in [2.45, 2.75) is 24.7 Å². The summed E-state index contributed by atoms with van der Waals surface area (Å²) in [5.41, 5.74) is 1.78. The first-order valence-electron chi connectivity index (χ1n) is 8.86. The Hall–Kier alpha value is -3.51. The summed E-state index contributed by atoms with van der Waals surface area (Å²) in [4.78, 5) is 0.0958. The third-order valence-electron chi connectivity index (χ3n) is 4.33. The molecule has 3 aromatic rings. The van der Waals surface area contributed by atoms with Gasteiger partial charge in [0.15, 0.2) is 5.82 Å². The summed E-state index contributed by atoms with van der Waals surface area (Å²) in [7, 11) is -2.32. The normalized spacial score (nSPS) is 11.1. The van der Waals surface area contributed by atoms with E-state index in [0.29, 0.717) is 17.4 Å². The van der Waals surface area contributed by atoms with Gasteiger partial charge in [0.05, 0.1) is 12.0 Å². The van der Waals surface area contributed by atoms with Crippen LogP contribution in [0.1, 0.15) is 30.9 Å². The fourth-order valence-corrected chi connectivity index (χ4v) is 3.67. The molecule has 0 atom stereocenters. The van der Waals surface area contributed by atoms with Crippen molar-refractivity contribution in [2.24, 2.45) is 0 Å². The van der Waals surface area contributed by atoms with Crippen molar-refractivity contribution >= 4 is 27.3 Å². The molecule has 0 saturated carbocycles. The monoisotopic (exact) mass is 411 g/mol. The van der Waals surface area contributed by atoms with Crippen molar-refractivity contribution in [3.8, 4) is 11.8 Å². The average Bonchev–Trinajstić information content (AvgIpc) is 3.09. The molecule has 0 aliphatic carbocycles. The van der Waals surface area contributed by atoms with Gasteiger partial charge in [-0.3, -0.25) is 9.82 Å². The van der Waals surface area contributed by atoms with Crippen molar-refractivity contribution in [2.75, 3.05) is 17.1 Å². The van der Waals surface area contributed by atoms with Crippen LogP contribution in [0.4, 0.5) is 17.3 Å². The minimum atomic E-state index is -3.88. The molecule has 3 N–H and O–H groups in total. The summed E-state index contributed by atoms with van der Waals surface area (Å²) in [6, 6.07) is 15.6. The zero-order chi connectivity index (χ0) is 21.0. The first kappa shape index (κ1) is 20.2. The number of H-pyrrole nitrogens is 1. The number of anilines is 3.